The largest absolute Gasteiger partial charge is 0.416 e. The Morgan fingerprint density at radius 1 is 0.760 bits per heavy atom. The smallest absolute Gasteiger partial charge is 0.330 e. The Balaban J connectivity index is 1.48. The van der Waals surface area contributed by atoms with Gasteiger partial charge in [-0.15, -0.1) is 5.10 Å². The van der Waals surface area contributed by atoms with Gasteiger partial charge in [-0.2, -0.15) is 44.3 Å². The van der Waals surface area contributed by atoms with Crippen LogP contribution in [0, 0.1) is 11.7 Å². The molecule has 1 aliphatic heterocycles. The second kappa shape index (κ2) is 14.6. The summed E-state index contributed by atoms with van der Waals surface area (Å²) in [5.74, 6) is -0.207. The predicted molar refractivity (Wildman–Crippen MR) is 164 cm³/mol. The first-order valence-corrected chi connectivity index (χ1v) is 15.9. The number of tetrazole rings is 1. The Bertz CT molecular complexity index is 1710. The number of hydrogen-bond acceptors (Lipinski definition) is 5. The molecule has 0 bridgehead atoms. The fourth-order valence-corrected chi connectivity index (χ4v) is 6.48. The van der Waals surface area contributed by atoms with Gasteiger partial charge in [-0.25, -0.2) is 4.39 Å². The topological polar surface area (TPSA) is 50.1 Å². The predicted octanol–water partition coefficient (Wildman–Crippen LogP) is 9.02. The third kappa shape index (κ3) is 9.11. The molecule has 16 heteroatoms. The highest BCUT2D eigenvalue weighted by atomic mass is 19.4. The van der Waals surface area contributed by atoms with Crippen molar-refractivity contribution in [3.63, 3.8) is 0 Å². The highest BCUT2D eigenvalue weighted by molar-refractivity contribution is 5.42. The molecule has 1 fully saturated rings. The Hall–Kier alpha value is -4.21. The van der Waals surface area contributed by atoms with Crippen LogP contribution >= 0.6 is 0 Å². The van der Waals surface area contributed by atoms with Gasteiger partial charge in [0.15, 0.2) is 0 Å². The summed E-state index contributed by atoms with van der Waals surface area (Å²) in [5.41, 5.74) is -2.71. The van der Waals surface area contributed by atoms with Gasteiger partial charge in [0.05, 0.1) is 23.7 Å². The molecule has 2 heterocycles. The normalized spacial score (nSPS) is 15.8. The molecule has 4 aromatic rings. The first-order chi connectivity index (χ1) is 23.4. The summed E-state index contributed by atoms with van der Waals surface area (Å²) in [4.78, 5) is 4.40. The van der Waals surface area contributed by atoms with Crippen LogP contribution < -0.4 is 4.90 Å². The van der Waals surface area contributed by atoms with E-state index >= 15 is 0 Å². The summed E-state index contributed by atoms with van der Waals surface area (Å²) in [6.07, 6.45) is -12.1. The molecule has 1 aliphatic rings. The van der Waals surface area contributed by atoms with Crippen LogP contribution in [0.15, 0.2) is 60.7 Å². The molecule has 0 amide bonds. The van der Waals surface area contributed by atoms with E-state index in [1.165, 1.54) is 30.1 Å². The van der Waals surface area contributed by atoms with E-state index in [1.54, 1.807) is 12.1 Å². The quantitative estimate of drug-likeness (QED) is 0.154. The number of likely N-dealkylation sites (tertiary alicyclic amines) is 1. The second-order valence-electron chi connectivity index (χ2n) is 12.5. The molecule has 0 N–H and O–H groups in total. The fourth-order valence-electron chi connectivity index (χ4n) is 6.48. The molecule has 1 aromatic heterocycles. The van der Waals surface area contributed by atoms with Gasteiger partial charge in [0.25, 0.3) is 5.95 Å². The first kappa shape index (κ1) is 37.1. The van der Waals surface area contributed by atoms with Crippen molar-refractivity contribution in [2.45, 2.75) is 70.3 Å². The number of anilines is 1. The van der Waals surface area contributed by atoms with Crippen LogP contribution in [0.2, 0.25) is 0 Å². The summed E-state index contributed by atoms with van der Waals surface area (Å²) in [7, 11) is 1.39. The van der Waals surface area contributed by atoms with Crippen LogP contribution in [0.25, 0.3) is 0 Å². The van der Waals surface area contributed by atoms with Crippen LogP contribution in [-0.2, 0) is 45.1 Å². The molecule has 0 aliphatic carbocycles. The van der Waals surface area contributed by atoms with Crippen LogP contribution in [0.4, 0.5) is 49.9 Å². The van der Waals surface area contributed by atoms with E-state index < -0.39 is 47.3 Å². The second-order valence-corrected chi connectivity index (χ2v) is 12.5. The van der Waals surface area contributed by atoms with E-state index in [4.69, 9.17) is 0 Å². The molecule has 5 rings (SSSR count). The van der Waals surface area contributed by atoms with E-state index in [2.05, 4.69) is 20.3 Å². The molecular weight excluding hydrogens is 682 g/mol. The average molecular weight is 717 g/mol. The maximum atomic E-state index is 14.0. The standard InChI is InChI=1S/C34H34F10N6/c1-3-30(49-12-10-22(11-13-49)14-21-4-7-28(35)8-5-21)29-9-6-25(32(36,37)38)17-24(29)20-50(31-45-47-48(2)46-31)19-23-15-26(33(39,40)41)18-27(16-23)34(42,43)44/h4-9,15-18,22,30H,3,10-14,19-20H2,1-2H3. The van der Waals surface area contributed by atoms with Crippen molar-refractivity contribution in [2.24, 2.45) is 13.0 Å². The summed E-state index contributed by atoms with van der Waals surface area (Å²) in [5, 5.41) is 11.7. The summed E-state index contributed by atoms with van der Waals surface area (Å²) < 4.78 is 137. The lowest BCUT2D eigenvalue weighted by Crippen LogP contribution is -2.38. The molecule has 1 unspecified atom stereocenters. The van der Waals surface area contributed by atoms with Crippen molar-refractivity contribution in [2.75, 3.05) is 18.0 Å². The van der Waals surface area contributed by atoms with Crippen molar-refractivity contribution < 1.29 is 43.9 Å². The minimum Gasteiger partial charge on any atom is -0.330 e. The molecule has 6 nitrogen and oxygen atoms in total. The number of benzene rings is 3. The summed E-state index contributed by atoms with van der Waals surface area (Å²) >= 11 is 0. The summed E-state index contributed by atoms with van der Waals surface area (Å²) in [6, 6.07) is 10.4. The number of aryl methyl sites for hydroxylation is 1. The van der Waals surface area contributed by atoms with Gasteiger partial charge in [0, 0.05) is 19.1 Å². The van der Waals surface area contributed by atoms with E-state index in [0.29, 0.717) is 43.1 Å². The lowest BCUT2D eigenvalue weighted by molar-refractivity contribution is -0.143. The zero-order chi connectivity index (χ0) is 36.4. The number of nitrogens with zero attached hydrogens (tertiary/aromatic N) is 6. The maximum absolute atomic E-state index is 14.0. The monoisotopic (exact) mass is 716 g/mol. The Morgan fingerprint density at radius 2 is 1.36 bits per heavy atom. The molecule has 1 saturated heterocycles. The van der Waals surface area contributed by atoms with Crippen molar-refractivity contribution >= 4 is 5.95 Å². The maximum Gasteiger partial charge on any atom is 0.416 e. The van der Waals surface area contributed by atoms with Gasteiger partial charge in [0.1, 0.15) is 5.82 Å². The lowest BCUT2D eigenvalue weighted by Gasteiger charge is -2.39. The van der Waals surface area contributed by atoms with Gasteiger partial charge in [-0.1, -0.05) is 30.2 Å². The van der Waals surface area contributed by atoms with Gasteiger partial charge in [0.2, 0.25) is 0 Å². The zero-order valence-corrected chi connectivity index (χ0v) is 27.0. The minimum absolute atomic E-state index is 0.00794. The molecular formula is C34H34F10N6. The van der Waals surface area contributed by atoms with E-state index in [9.17, 15) is 43.9 Å². The zero-order valence-electron chi connectivity index (χ0n) is 27.0. The fraction of sp³-hybridized carbons (Fsp3) is 0.441. The Morgan fingerprint density at radius 3 is 1.88 bits per heavy atom. The number of piperidine rings is 1. The molecule has 50 heavy (non-hydrogen) atoms. The third-order valence-electron chi connectivity index (χ3n) is 8.91. The van der Waals surface area contributed by atoms with Crippen LogP contribution in [0.1, 0.15) is 71.2 Å². The van der Waals surface area contributed by atoms with Gasteiger partial charge >= 0.3 is 18.5 Å². The van der Waals surface area contributed by atoms with Crippen LogP contribution in [0.5, 0.6) is 0 Å². The molecule has 0 radical (unpaired) electrons. The van der Waals surface area contributed by atoms with Crippen molar-refractivity contribution in [1.82, 2.24) is 25.1 Å². The van der Waals surface area contributed by atoms with Crippen LogP contribution in [-0.4, -0.2) is 38.2 Å². The molecule has 0 spiro atoms. The molecule has 3 aromatic carbocycles. The number of rotatable bonds is 10. The number of halogens is 10. The first-order valence-electron chi connectivity index (χ1n) is 15.9. The van der Waals surface area contributed by atoms with Gasteiger partial charge in [-0.3, -0.25) is 4.90 Å². The van der Waals surface area contributed by atoms with Crippen molar-refractivity contribution in [3.05, 3.63) is 105 Å². The molecule has 0 saturated carbocycles. The van der Waals surface area contributed by atoms with Gasteiger partial charge < -0.3 is 4.90 Å². The average Bonchev–Trinajstić information content (AvgIpc) is 3.48. The molecule has 270 valence electrons. The Labute approximate surface area is 281 Å². The third-order valence-corrected chi connectivity index (χ3v) is 8.91. The SMILES string of the molecule is CCC(c1ccc(C(F)(F)F)cc1CN(Cc1cc(C(F)(F)F)cc(C(F)(F)F)c1)c1nnn(C)n1)N1CCC(Cc2ccc(F)cc2)CC1. The van der Waals surface area contributed by atoms with E-state index in [1.807, 2.05) is 6.92 Å². The minimum atomic E-state index is -5.10. The van der Waals surface area contributed by atoms with Crippen LogP contribution in [0.3, 0.4) is 0 Å². The highest BCUT2D eigenvalue weighted by Gasteiger charge is 2.38. The van der Waals surface area contributed by atoms with Crippen molar-refractivity contribution in [1.29, 1.82) is 0 Å². The van der Waals surface area contributed by atoms with Gasteiger partial charge in [-0.05, 0) is 115 Å². The number of aromatic nitrogens is 4. The molecule has 1 atom stereocenters. The van der Waals surface area contributed by atoms with E-state index in [0.717, 1.165) is 41.8 Å². The number of alkyl halides is 9. The van der Waals surface area contributed by atoms with E-state index in [-0.39, 0.29) is 36.0 Å². The Kier molecular flexibility index (Phi) is 10.8. The van der Waals surface area contributed by atoms with Crippen molar-refractivity contribution in [3.8, 4) is 0 Å². The highest BCUT2D eigenvalue weighted by Crippen LogP contribution is 2.39. The summed E-state index contributed by atoms with van der Waals surface area (Å²) in [6.45, 7) is 2.18. The number of hydrogen-bond donors (Lipinski definition) is 0. The lowest BCUT2D eigenvalue weighted by atomic mass is 9.87.